The molecule has 1 saturated heterocycles. The Bertz CT molecular complexity index is 837. The van der Waals surface area contributed by atoms with E-state index >= 15 is 0 Å². The number of rotatable bonds is 6. The van der Waals surface area contributed by atoms with Crippen LogP contribution in [-0.2, 0) is 29.0 Å². The number of hydrogen-bond donors (Lipinski definition) is 0. The Morgan fingerprint density at radius 1 is 1.07 bits per heavy atom. The lowest BCUT2D eigenvalue weighted by molar-refractivity contribution is 0.177. The molecule has 1 unspecified atom stereocenters. The highest BCUT2D eigenvalue weighted by Crippen LogP contribution is 2.35. The van der Waals surface area contributed by atoms with Gasteiger partial charge in [0.05, 0.1) is 26.5 Å². The van der Waals surface area contributed by atoms with Crippen LogP contribution in [-0.4, -0.2) is 51.1 Å². The third-order valence-corrected chi connectivity index (χ3v) is 5.44. The van der Waals surface area contributed by atoms with Crippen molar-refractivity contribution >= 4 is 5.82 Å². The van der Waals surface area contributed by atoms with Gasteiger partial charge in [0.2, 0.25) is 0 Å². The number of hydrogen-bond acceptors (Lipinski definition) is 7. The van der Waals surface area contributed by atoms with Crippen molar-refractivity contribution in [2.45, 2.75) is 31.9 Å². The van der Waals surface area contributed by atoms with Gasteiger partial charge in [-0.15, -0.1) is 0 Å². The van der Waals surface area contributed by atoms with Crippen LogP contribution in [0.4, 0.5) is 5.82 Å². The van der Waals surface area contributed by atoms with Crippen molar-refractivity contribution in [1.82, 2.24) is 9.97 Å². The molecular weight excluding hydrogens is 358 g/mol. The van der Waals surface area contributed by atoms with Crippen LogP contribution < -0.4 is 14.4 Å². The Kier molecular flexibility index (Phi) is 5.64. The molecule has 0 N–H and O–H groups in total. The number of aromatic nitrogens is 2. The van der Waals surface area contributed by atoms with Gasteiger partial charge in [0, 0.05) is 38.8 Å². The molecule has 0 bridgehead atoms. The SMILES string of the molecule is COCc1nc(C2CCOC2)cc(N2CCc3cc(OC)c(OC)cc3C2)n1. The summed E-state index contributed by atoms with van der Waals surface area (Å²) in [6, 6.07) is 6.27. The fourth-order valence-electron chi connectivity index (χ4n) is 3.91. The number of nitrogens with zero attached hydrogens (tertiary/aromatic N) is 3. The molecule has 1 fully saturated rings. The van der Waals surface area contributed by atoms with Gasteiger partial charge in [-0.1, -0.05) is 0 Å². The first-order chi connectivity index (χ1) is 13.7. The molecule has 3 heterocycles. The first kappa shape index (κ1) is 19.0. The predicted octanol–water partition coefficient (Wildman–Crippen LogP) is 2.71. The van der Waals surface area contributed by atoms with Crippen molar-refractivity contribution in [2.75, 3.05) is 46.0 Å². The van der Waals surface area contributed by atoms with Crippen molar-refractivity contribution in [3.05, 3.63) is 40.8 Å². The molecule has 1 aromatic heterocycles. The van der Waals surface area contributed by atoms with E-state index in [2.05, 4.69) is 23.1 Å². The van der Waals surface area contributed by atoms with E-state index in [1.807, 2.05) is 0 Å². The van der Waals surface area contributed by atoms with Gasteiger partial charge in [-0.05, 0) is 36.1 Å². The highest BCUT2D eigenvalue weighted by molar-refractivity contribution is 5.52. The molecule has 0 spiro atoms. The molecule has 2 aromatic rings. The van der Waals surface area contributed by atoms with Gasteiger partial charge in [-0.2, -0.15) is 0 Å². The lowest BCUT2D eigenvalue weighted by atomic mass is 9.98. The molecule has 0 amide bonds. The number of fused-ring (bicyclic) bond motifs is 1. The second-order valence-corrected chi connectivity index (χ2v) is 7.21. The van der Waals surface area contributed by atoms with E-state index in [9.17, 15) is 0 Å². The Labute approximate surface area is 165 Å². The summed E-state index contributed by atoms with van der Waals surface area (Å²) in [6.45, 7) is 3.60. The Balaban J connectivity index is 1.64. The van der Waals surface area contributed by atoms with Crippen molar-refractivity contribution in [1.29, 1.82) is 0 Å². The van der Waals surface area contributed by atoms with Gasteiger partial charge in [-0.25, -0.2) is 9.97 Å². The van der Waals surface area contributed by atoms with Gasteiger partial charge in [0.25, 0.3) is 0 Å². The van der Waals surface area contributed by atoms with E-state index in [-0.39, 0.29) is 0 Å². The van der Waals surface area contributed by atoms with Crippen LogP contribution >= 0.6 is 0 Å². The number of benzene rings is 1. The Morgan fingerprint density at radius 2 is 1.86 bits per heavy atom. The maximum absolute atomic E-state index is 5.56. The average Bonchev–Trinajstić information content (AvgIpc) is 3.27. The summed E-state index contributed by atoms with van der Waals surface area (Å²) in [6.07, 6.45) is 1.93. The minimum absolute atomic E-state index is 0.332. The molecular formula is C21H27N3O4. The molecule has 4 rings (SSSR count). The molecule has 1 aromatic carbocycles. The molecule has 7 nitrogen and oxygen atoms in total. The van der Waals surface area contributed by atoms with Crippen molar-refractivity contribution in [3.8, 4) is 11.5 Å². The van der Waals surface area contributed by atoms with Gasteiger partial charge < -0.3 is 23.8 Å². The lowest BCUT2D eigenvalue weighted by Crippen LogP contribution is -2.31. The number of methoxy groups -OCH3 is 3. The summed E-state index contributed by atoms with van der Waals surface area (Å²) >= 11 is 0. The van der Waals surface area contributed by atoms with Crippen molar-refractivity contribution < 1.29 is 18.9 Å². The zero-order valence-corrected chi connectivity index (χ0v) is 16.7. The second kappa shape index (κ2) is 8.32. The minimum atomic E-state index is 0.332. The lowest BCUT2D eigenvalue weighted by Gasteiger charge is -2.31. The first-order valence-electron chi connectivity index (χ1n) is 9.65. The molecule has 0 aliphatic carbocycles. The smallest absolute Gasteiger partial charge is 0.161 e. The Hall–Kier alpha value is -2.38. The maximum atomic E-state index is 5.56. The van der Waals surface area contributed by atoms with Crippen LogP contribution in [0.15, 0.2) is 18.2 Å². The van der Waals surface area contributed by atoms with Crippen LogP contribution in [0.25, 0.3) is 0 Å². The van der Waals surface area contributed by atoms with E-state index in [1.165, 1.54) is 11.1 Å². The summed E-state index contributed by atoms with van der Waals surface area (Å²) in [5, 5.41) is 0. The third kappa shape index (κ3) is 3.77. The van der Waals surface area contributed by atoms with Gasteiger partial charge in [-0.3, -0.25) is 0 Å². The molecule has 0 saturated carbocycles. The maximum Gasteiger partial charge on any atom is 0.161 e. The summed E-state index contributed by atoms with van der Waals surface area (Å²) < 4.78 is 21.8. The number of ether oxygens (including phenoxy) is 4. The van der Waals surface area contributed by atoms with Crippen LogP contribution in [0.1, 0.15) is 35.0 Å². The van der Waals surface area contributed by atoms with E-state index in [0.717, 1.165) is 68.0 Å². The largest absolute Gasteiger partial charge is 0.493 e. The van der Waals surface area contributed by atoms with Crippen LogP contribution in [0.3, 0.4) is 0 Å². The van der Waals surface area contributed by atoms with Gasteiger partial charge in [0.1, 0.15) is 12.4 Å². The molecule has 150 valence electrons. The fourth-order valence-corrected chi connectivity index (χ4v) is 3.91. The standard InChI is InChI=1S/C21H27N3O4/c1-25-13-20-22-17(15-5-7-28-12-15)10-21(23-20)24-6-4-14-8-18(26-2)19(27-3)9-16(14)11-24/h8-10,15H,4-7,11-13H2,1-3H3. The Morgan fingerprint density at radius 3 is 2.54 bits per heavy atom. The molecule has 28 heavy (non-hydrogen) atoms. The predicted molar refractivity (Wildman–Crippen MR) is 105 cm³/mol. The number of anilines is 1. The minimum Gasteiger partial charge on any atom is -0.493 e. The zero-order valence-electron chi connectivity index (χ0n) is 16.7. The molecule has 7 heteroatoms. The van der Waals surface area contributed by atoms with Crippen LogP contribution in [0, 0.1) is 0 Å². The summed E-state index contributed by atoms with van der Waals surface area (Å²) in [5.41, 5.74) is 3.58. The van der Waals surface area contributed by atoms with Gasteiger partial charge >= 0.3 is 0 Å². The zero-order chi connectivity index (χ0) is 19.5. The third-order valence-electron chi connectivity index (χ3n) is 5.44. The van der Waals surface area contributed by atoms with E-state index in [4.69, 9.17) is 28.9 Å². The monoisotopic (exact) mass is 385 g/mol. The first-order valence-corrected chi connectivity index (χ1v) is 9.65. The van der Waals surface area contributed by atoms with Crippen LogP contribution in [0.5, 0.6) is 11.5 Å². The van der Waals surface area contributed by atoms with Crippen molar-refractivity contribution in [3.63, 3.8) is 0 Å². The van der Waals surface area contributed by atoms with E-state index in [1.54, 1.807) is 21.3 Å². The van der Waals surface area contributed by atoms with E-state index < -0.39 is 0 Å². The summed E-state index contributed by atoms with van der Waals surface area (Å²) in [7, 11) is 5.01. The van der Waals surface area contributed by atoms with Crippen LogP contribution in [0.2, 0.25) is 0 Å². The highest BCUT2D eigenvalue weighted by atomic mass is 16.5. The average molecular weight is 385 g/mol. The second-order valence-electron chi connectivity index (χ2n) is 7.21. The topological polar surface area (TPSA) is 65.9 Å². The van der Waals surface area contributed by atoms with Gasteiger partial charge in [0.15, 0.2) is 17.3 Å². The molecule has 0 radical (unpaired) electrons. The molecule has 1 atom stereocenters. The van der Waals surface area contributed by atoms with Crippen molar-refractivity contribution in [2.24, 2.45) is 0 Å². The summed E-state index contributed by atoms with van der Waals surface area (Å²) in [4.78, 5) is 11.8. The van der Waals surface area contributed by atoms with E-state index in [0.29, 0.717) is 12.5 Å². The molecule has 2 aliphatic rings. The fraction of sp³-hybridized carbons (Fsp3) is 0.524. The summed E-state index contributed by atoms with van der Waals surface area (Å²) in [5.74, 6) is 3.54. The normalized spacial score (nSPS) is 18.8. The highest BCUT2D eigenvalue weighted by Gasteiger charge is 2.24. The quantitative estimate of drug-likeness (QED) is 0.757. The molecule has 2 aliphatic heterocycles.